The van der Waals surface area contributed by atoms with Crippen LogP contribution in [0.1, 0.15) is 41.9 Å². The summed E-state index contributed by atoms with van der Waals surface area (Å²) < 4.78 is 58.2. The Morgan fingerprint density at radius 3 is 2.51 bits per heavy atom. The summed E-state index contributed by atoms with van der Waals surface area (Å²) in [5, 5.41) is 2.44. The summed E-state index contributed by atoms with van der Waals surface area (Å²) in [5.41, 5.74) is 4.60. The van der Waals surface area contributed by atoms with Crippen LogP contribution in [-0.4, -0.2) is 34.2 Å². The first-order valence-corrected chi connectivity index (χ1v) is 11.1. The van der Waals surface area contributed by atoms with Crippen LogP contribution in [0.4, 0.5) is 23.2 Å². The van der Waals surface area contributed by atoms with Gasteiger partial charge >= 0.3 is 5.92 Å². The Bertz CT molecular complexity index is 1360. The third kappa shape index (κ3) is 4.74. The molecule has 2 aromatic carbocycles. The van der Waals surface area contributed by atoms with E-state index in [2.05, 4.69) is 10.3 Å². The number of aromatic nitrogens is 1. The Labute approximate surface area is 200 Å². The molecule has 0 aliphatic carbocycles. The summed E-state index contributed by atoms with van der Waals surface area (Å²) in [6.45, 7) is 1.13. The van der Waals surface area contributed by atoms with Gasteiger partial charge in [0.2, 0.25) is 0 Å². The second-order valence-corrected chi connectivity index (χ2v) is 9.00. The van der Waals surface area contributed by atoms with Crippen LogP contribution in [0.25, 0.3) is 0 Å². The average Bonchev–Trinajstić information content (AvgIpc) is 3.25. The minimum Gasteiger partial charge on any atom is -0.364 e. The number of rotatable bonds is 5. The van der Waals surface area contributed by atoms with Crippen molar-refractivity contribution in [2.45, 2.75) is 25.8 Å². The number of carbonyl (C=O) groups is 3. The molecule has 0 spiro atoms. The van der Waals surface area contributed by atoms with E-state index in [1.165, 1.54) is 19.1 Å². The number of thiazole rings is 1. The van der Waals surface area contributed by atoms with Gasteiger partial charge in [0.25, 0.3) is 17.7 Å². The number of nitrogens with two attached hydrogens (primary N) is 1. The molecule has 3 aromatic rings. The molecule has 182 valence electrons. The number of hydrogen-bond donors (Lipinski definition) is 2. The van der Waals surface area contributed by atoms with Gasteiger partial charge in [0, 0.05) is 29.1 Å². The Hall–Kier alpha value is -3.80. The fraction of sp³-hybridized carbons (Fsp3) is 0.217. The number of hydrogen-bond acceptors (Lipinski definition) is 5. The van der Waals surface area contributed by atoms with Gasteiger partial charge in [-0.3, -0.25) is 14.4 Å². The smallest absolute Gasteiger partial charge is 0.352 e. The Morgan fingerprint density at radius 1 is 1.11 bits per heavy atom. The minimum atomic E-state index is -4.28. The molecule has 0 saturated heterocycles. The largest absolute Gasteiger partial charge is 0.364 e. The summed E-state index contributed by atoms with van der Waals surface area (Å²) in [7, 11) is 0. The van der Waals surface area contributed by atoms with Gasteiger partial charge in [-0.15, -0.1) is 11.3 Å². The Morgan fingerprint density at radius 2 is 1.83 bits per heavy atom. The first kappa shape index (κ1) is 24.3. The molecule has 1 aliphatic rings. The molecule has 4 rings (SSSR count). The molecular weight excluding hydrogens is 488 g/mol. The number of halogens is 4. The lowest BCUT2D eigenvalue weighted by atomic mass is 10.0. The quantitative estimate of drug-likeness (QED) is 0.514. The van der Waals surface area contributed by atoms with Crippen molar-refractivity contribution in [1.29, 1.82) is 0 Å². The van der Waals surface area contributed by atoms with Crippen LogP contribution >= 0.6 is 11.3 Å². The molecule has 0 saturated carbocycles. The fourth-order valence-electron chi connectivity index (χ4n) is 3.62. The molecule has 0 bridgehead atoms. The number of primary amides is 1. The van der Waals surface area contributed by atoms with Crippen LogP contribution in [0.15, 0.2) is 36.4 Å². The summed E-state index contributed by atoms with van der Waals surface area (Å²) in [6.07, 6.45) is 0.128. The Balaban J connectivity index is 1.56. The number of carbonyl (C=O) groups excluding carboxylic acids is 3. The van der Waals surface area contributed by atoms with E-state index in [0.717, 1.165) is 28.4 Å². The van der Waals surface area contributed by atoms with Gasteiger partial charge in [0.15, 0.2) is 5.01 Å². The third-order valence-electron chi connectivity index (χ3n) is 5.48. The van der Waals surface area contributed by atoms with Crippen molar-refractivity contribution in [2.24, 2.45) is 5.73 Å². The monoisotopic (exact) mass is 506 g/mol. The van der Waals surface area contributed by atoms with Crippen LogP contribution in [0.3, 0.4) is 0 Å². The van der Waals surface area contributed by atoms with Crippen LogP contribution in [0, 0.1) is 18.6 Å². The second kappa shape index (κ2) is 9.10. The van der Waals surface area contributed by atoms with E-state index in [-0.39, 0.29) is 41.3 Å². The van der Waals surface area contributed by atoms with Crippen molar-refractivity contribution < 1.29 is 31.9 Å². The molecule has 35 heavy (non-hydrogen) atoms. The van der Waals surface area contributed by atoms with Gasteiger partial charge in [-0.2, -0.15) is 8.78 Å². The molecule has 0 fully saturated rings. The maximum Gasteiger partial charge on any atom is 0.352 e. The van der Waals surface area contributed by atoms with E-state index in [4.69, 9.17) is 5.73 Å². The predicted octanol–water partition coefficient (Wildman–Crippen LogP) is 3.76. The zero-order valence-electron chi connectivity index (χ0n) is 18.2. The first-order valence-electron chi connectivity index (χ1n) is 10.3. The van der Waals surface area contributed by atoms with Gasteiger partial charge in [0.05, 0.1) is 17.8 Å². The molecule has 12 heteroatoms. The highest BCUT2D eigenvalue weighted by atomic mass is 32.1. The molecule has 3 amide bonds. The summed E-state index contributed by atoms with van der Waals surface area (Å²) in [5.74, 6) is -9.37. The topological polar surface area (TPSA) is 105 Å². The van der Waals surface area contributed by atoms with Gasteiger partial charge in [-0.1, -0.05) is 0 Å². The second-order valence-electron chi connectivity index (χ2n) is 7.92. The predicted molar refractivity (Wildman–Crippen MR) is 119 cm³/mol. The van der Waals surface area contributed by atoms with Crippen LogP contribution in [0.5, 0.6) is 0 Å². The standard InChI is InChI=1S/C23H18F4N4O3S/c1-11-8-13(3-5-15(11)24)29-20(33)12-2-4-16(25)14(9-12)23(26,27)22(34)31-7-6-17-18(10-31)35-21(30-17)19(28)32/h2-5,8-9H,6-7,10H2,1H3,(H2,28,32)(H,29,33). The lowest BCUT2D eigenvalue weighted by molar-refractivity contribution is -0.160. The maximum atomic E-state index is 15.2. The van der Waals surface area contributed by atoms with Crippen LogP contribution in [0.2, 0.25) is 0 Å². The number of fused-ring (bicyclic) bond motifs is 1. The van der Waals surface area contributed by atoms with E-state index < -0.39 is 40.8 Å². The zero-order valence-corrected chi connectivity index (χ0v) is 19.0. The molecule has 3 N–H and O–H groups in total. The molecular formula is C23H18F4N4O3S. The molecule has 7 nitrogen and oxygen atoms in total. The van der Waals surface area contributed by atoms with Gasteiger partial charge in [0.1, 0.15) is 11.6 Å². The van der Waals surface area contributed by atoms with Gasteiger partial charge in [-0.05, 0) is 48.9 Å². The zero-order chi connectivity index (χ0) is 25.5. The van der Waals surface area contributed by atoms with Crippen molar-refractivity contribution in [2.75, 3.05) is 11.9 Å². The van der Waals surface area contributed by atoms with Crippen molar-refractivity contribution >= 4 is 34.7 Å². The maximum absolute atomic E-state index is 15.2. The van der Waals surface area contributed by atoms with Gasteiger partial charge < -0.3 is 16.0 Å². The van der Waals surface area contributed by atoms with E-state index in [9.17, 15) is 23.2 Å². The molecule has 0 radical (unpaired) electrons. The summed E-state index contributed by atoms with van der Waals surface area (Å²) in [4.78, 5) is 42.0. The molecule has 1 aliphatic heterocycles. The molecule has 2 heterocycles. The van der Waals surface area contributed by atoms with Crippen molar-refractivity contribution in [3.05, 3.63) is 80.3 Å². The highest BCUT2D eigenvalue weighted by molar-refractivity contribution is 7.13. The fourth-order valence-corrected chi connectivity index (χ4v) is 4.60. The minimum absolute atomic E-state index is 0.0113. The molecule has 0 unspecified atom stereocenters. The number of nitrogens with zero attached hydrogens (tertiary/aromatic N) is 2. The highest BCUT2D eigenvalue weighted by Crippen LogP contribution is 2.35. The average molecular weight is 506 g/mol. The van der Waals surface area contributed by atoms with Crippen molar-refractivity contribution in [3.63, 3.8) is 0 Å². The van der Waals surface area contributed by atoms with Crippen molar-refractivity contribution in [1.82, 2.24) is 9.88 Å². The van der Waals surface area contributed by atoms with Crippen molar-refractivity contribution in [3.8, 4) is 0 Å². The number of anilines is 1. The highest BCUT2D eigenvalue weighted by Gasteiger charge is 2.47. The summed E-state index contributed by atoms with van der Waals surface area (Å²) in [6, 6.07) is 6.07. The number of nitrogens with one attached hydrogen (secondary N) is 1. The van der Waals surface area contributed by atoms with E-state index in [1.807, 2.05) is 0 Å². The number of alkyl halides is 2. The lowest BCUT2D eigenvalue weighted by Crippen LogP contribution is -2.44. The lowest BCUT2D eigenvalue weighted by Gasteiger charge is -2.30. The molecule has 1 aromatic heterocycles. The number of benzene rings is 2. The van der Waals surface area contributed by atoms with Gasteiger partial charge in [-0.25, -0.2) is 13.8 Å². The van der Waals surface area contributed by atoms with E-state index in [1.54, 1.807) is 0 Å². The van der Waals surface area contributed by atoms with E-state index in [0.29, 0.717) is 22.7 Å². The normalized spacial score (nSPS) is 13.3. The Kier molecular flexibility index (Phi) is 6.32. The summed E-state index contributed by atoms with van der Waals surface area (Å²) >= 11 is 0.908. The number of amides is 3. The van der Waals surface area contributed by atoms with Crippen LogP contribution < -0.4 is 11.1 Å². The third-order valence-corrected chi connectivity index (χ3v) is 6.58. The SMILES string of the molecule is Cc1cc(NC(=O)c2ccc(F)c(C(F)(F)C(=O)N3CCc4nc(C(N)=O)sc4C3)c2)ccc1F. The van der Waals surface area contributed by atoms with E-state index >= 15 is 8.78 Å². The number of aryl methyl sites for hydroxylation is 1. The first-order chi connectivity index (χ1) is 16.5. The van der Waals surface area contributed by atoms with Crippen LogP contribution in [-0.2, 0) is 23.7 Å². The molecule has 0 atom stereocenters.